The predicted octanol–water partition coefficient (Wildman–Crippen LogP) is 2.91. The lowest BCUT2D eigenvalue weighted by atomic mass is 10.2. The lowest BCUT2D eigenvalue weighted by molar-refractivity contribution is 0.0746. The minimum atomic E-state index is 0.107. The van der Waals surface area contributed by atoms with Crippen LogP contribution in [0, 0.1) is 13.8 Å². The topological polar surface area (TPSA) is 54.3 Å². The quantitative estimate of drug-likeness (QED) is 0.714. The first-order chi connectivity index (χ1) is 12.6. The number of aryl methyl sites for hydroxylation is 1. The first-order valence-corrected chi connectivity index (χ1v) is 9.56. The van der Waals surface area contributed by atoms with Crippen molar-refractivity contribution in [3.63, 3.8) is 0 Å². The molecule has 0 bridgehead atoms. The standard InChI is InChI=1S/C19H21N5OS/c1-14-13-17(15(2)24(14)19-21-7-12-26-19)18(25)23-10-8-22(9-11-23)16-3-5-20-6-4-16/h3-7,12-13H,8-11H2,1-2H3. The number of amides is 1. The van der Waals surface area contributed by atoms with E-state index in [1.807, 2.05) is 42.3 Å². The van der Waals surface area contributed by atoms with E-state index in [0.29, 0.717) is 0 Å². The zero-order valence-electron chi connectivity index (χ0n) is 14.9. The average Bonchev–Trinajstić information content (AvgIpc) is 3.30. The Labute approximate surface area is 156 Å². The zero-order valence-corrected chi connectivity index (χ0v) is 15.7. The Morgan fingerprint density at radius 1 is 1.08 bits per heavy atom. The number of carbonyl (C=O) groups excluding carboxylic acids is 1. The van der Waals surface area contributed by atoms with Gasteiger partial charge in [-0.25, -0.2) is 4.98 Å². The zero-order chi connectivity index (χ0) is 18.1. The fourth-order valence-electron chi connectivity index (χ4n) is 3.49. The number of anilines is 1. The minimum Gasteiger partial charge on any atom is -0.368 e. The summed E-state index contributed by atoms with van der Waals surface area (Å²) < 4.78 is 2.06. The van der Waals surface area contributed by atoms with E-state index < -0.39 is 0 Å². The second-order valence-corrected chi connectivity index (χ2v) is 7.29. The lowest BCUT2D eigenvalue weighted by Gasteiger charge is -2.36. The number of hydrogen-bond donors (Lipinski definition) is 0. The molecule has 0 radical (unpaired) electrons. The van der Waals surface area contributed by atoms with E-state index in [1.54, 1.807) is 29.9 Å². The fourth-order valence-corrected chi connectivity index (χ4v) is 4.24. The first kappa shape index (κ1) is 16.8. The van der Waals surface area contributed by atoms with E-state index in [0.717, 1.165) is 53.9 Å². The Morgan fingerprint density at radius 2 is 1.81 bits per heavy atom. The minimum absolute atomic E-state index is 0.107. The van der Waals surface area contributed by atoms with Crippen molar-refractivity contribution in [1.82, 2.24) is 19.4 Å². The van der Waals surface area contributed by atoms with Gasteiger partial charge in [0.15, 0.2) is 5.13 Å². The lowest BCUT2D eigenvalue weighted by Crippen LogP contribution is -2.48. The summed E-state index contributed by atoms with van der Waals surface area (Å²) in [6.45, 7) is 7.13. The van der Waals surface area contributed by atoms with Crippen molar-refractivity contribution in [3.05, 3.63) is 59.1 Å². The van der Waals surface area contributed by atoms with Crippen molar-refractivity contribution >= 4 is 22.9 Å². The van der Waals surface area contributed by atoms with Crippen LogP contribution in [-0.2, 0) is 0 Å². The van der Waals surface area contributed by atoms with E-state index in [2.05, 4.69) is 19.4 Å². The average molecular weight is 367 g/mol. The second kappa shape index (κ2) is 6.92. The molecule has 1 aliphatic heterocycles. The normalized spacial score (nSPS) is 14.7. The molecule has 0 aliphatic carbocycles. The summed E-state index contributed by atoms with van der Waals surface area (Å²) >= 11 is 1.58. The van der Waals surface area contributed by atoms with Gasteiger partial charge in [0.25, 0.3) is 5.91 Å². The number of nitrogens with zero attached hydrogens (tertiary/aromatic N) is 5. The number of thiazole rings is 1. The molecule has 134 valence electrons. The van der Waals surface area contributed by atoms with Gasteiger partial charge in [-0.2, -0.15) is 0 Å². The van der Waals surface area contributed by atoms with Crippen molar-refractivity contribution in [1.29, 1.82) is 0 Å². The molecule has 0 N–H and O–H groups in total. The van der Waals surface area contributed by atoms with Crippen LogP contribution in [0.2, 0.25) is 0 Å². The molecule has 0 aromatic carbocycles. The summed E-state index contributed by atoms with van der Waals surface area (Å²) in [7, 11) is 0. The van der Waals surface area contributed by atoms with Crippen LogP contribution < -0.4 is 4.90 Å². The van der Waals surface area contributed by atoms with Gasteiger partial charge in [0, 0.05) is 67.2 Å². The molecule has 4 heterocycles. The maximum absolute atomic E-state index is 13.1. The van der Waals surface area contributed by atoms with Gasteiger partial charge in [0.05, 0.1) is 5.56 Å². The Kier molecular flexibility index (Phi) is 4.46. The van der Waals surface area contributed by atoms with E-state index in [4.69, 9.17) is 0 Å². The van der Waals surface area contributed by atoms with Crippen LogP contribution in [0.5, 0.6) is 0 Å². The van der Waals surface area contributed by atoms with Gasteiger partial charge in [0.2, 0.25) is 0 Å². The molecular formula is C19H21N5OS. The van der Waals surface area contributed by atoms with Gasteiger partial charge in [-0.15, -0.1) is 11.3 Å². The number of rotatable bonds is 3. The number of hydrogen-bond acceptors (Lipinski definition) is 5. The molecule has 1 aliphatic rings. The molecule has 0 spiro atoms. The number of aromatic nitrogens is 3. The largest absolute Gasteiger partial charge is 0.368 e. The molecule has 0 saturated carbocycles. The molecule has 3 aromatic rings. The molecule has 4 rings (SSSR count). The number of pyridine rings is 1. The fraction of sp³-hybridized carbons (Fsp3) is 0.316. The molecule has 7 heteroatoms. The van der Waals surface area contributed by atoms with Crippen molar-refractivity contribution in [2.24, 2.45) is 0 Å². The molecule has 26 heavy (non-hydrogen) atoms. The van der Waals surface area contributed by atoms with Gasteiger partial charge in [-0.05, 0) is 32.0 Å². The Morgan fingerprint density at radius 3 is 2.46 bits per heavy atom. The highest BCUT2D eigenvalue weighted by molar-refractivity contribution is 7.12. The molecule has 1 saturated heterocycles. The number of piperazine rings is 1. The molecule has 3 aromatic heterocycles. The predicted molar refractivity (Wildman–Crippen MR) is 103 cm³/mol. The monoisotopic (exact) mass is 367 g/mol. The highest BCUT2D eigenvalue weighted by atomic mass is 32.1. The van der Waals surface area contributed by atoms with Crippen molar-refractivity contribution < 1.29 is 4.79 Å². The third kappa shape index (κ3) is 2.99. The van der Waals surface area contributed by atoms with Crippen LogP contribution in [0.4, 0.5) is 5.69 Å². The number of carbonyl (C=O) groups is 1. The van der Waals surface area contributed by atoms with E-state index >= 15 is 0 Å². The molecule has 0 unspecified atom stereocenters. The van der Waals surface area contributed by atoms with Crippen molar-refractivity contribution in [2.45, 2.75) is 13.8 Å². The Bertz CT molecular complexity index is 896. The molecule has 1 amide bonds. The van der Waals surface area contributed by atoms with Crippen LogP contribution in [0.15, 0.2) is 42.2 Å². The van der Waals surface area contributed by atoms with Gasteiger partial charge in [-0.1, -0.05) is 0 Å². The SMILES string of the molecule is Cc1cc(C(=O)N2CCN(c3ccncc3)CC2)c(C)n1-c1nccs1. The van der Waals surface area contributed by atoms with Crippen molar-refractivity contribution in [2.75, 3.05) is 31.1 Å². The maximum atomic E-state index is 13.1. The smallest absolute Gasteiger partial charge is 0.255 e. The first-order valence-electron chi connectivity index (χ1n) is 8.68. The highest BCUT2D eigenvalue weighted by Gasteiger charge is 2.26. The van der Waals surface area contributed by atoms with Crippen LogP contribution in [-0.4, -0.2) is 51.5 Å². The van der Waals surface area contributed by atoms with E-state index in [-0.39, 0.29) is 5.91 Å². The van der Waals surface area contributed by atoms with Gasteiger partial charge < -0.3 is 9.80 Å². The summed E-state index contributed by atoms with van der Waals surface area (Å²) in [6, 6.07) is 6.01. The van der Waals surface area contributed by atoms with Gasteiger partial charge in [0.1, 0.15) is 0 Å². The summed E-state index contributed by atoms with van der Waals surface area (Å²) in [5.41, 5.74) is 3.93. The van der Waals surface area contributed by atoms with E-state index in [9.17, 15) is 4.79 Å². The van der Waals surface area contributed by atoms with Gasteiger partial charge in [-0.3, -0.25) is 14.3 Å². The van der Waals surface area contributed by atoms with Crippen LogP contribution >= 0.6 is 11.3 Å². The molecular weight excluding hydrogens is 346 g/mol. The Balaban J connectivity index is 1.50. The second-order valence-electron chi connectivity index (χ2n) is 6.42. The highest BCUT2D eigenvalue weighted by Crippen LogP contribution is 2.24. The van der Waals surface area contributed by atoms with Crippen molar-refractivity contribution in [3.8, 4) is 5.13 Å². The Hall–Kier alpha value is -2.67. The molecule has 1 fully saturated rings. The van der Waals surface area contributed by atoms with Gasteiger partial charge >= 0.3 is 0 Å². The molecule has 0 atom stereocenters. The third-order valence-corrected chi connectivity index (χ3v) is 5.62. The van der Waals surface area contributed by atoms with Crippen LogP contribution in [0.3, 0.4) is 0 Å². The van der Waals surface area contributed by atoms with Crippen LogP contribution in [0.25, 0.3) is 5.13 Å². The summed E-state index contributed by atoms with van der Waals surface area (Å²) in [6.07, 6.45) is 5.40. The summed E-state index contributed by atoms with van der Waals surface area (Å²) in [5, 5.41) is 2.86. The summed E-state index contributed by atoms with van der Waals surface area (Å²) in [4.78, 5) is 25.8. The summed E-state index contributed by atoms with van der Waals surface area (Å²) in [5.74, 6) is 0.107. The van der Waals surface area contributed by atoms with Crippen LogP contribution in [0.1, 0.15) is 21.7 Å². The van der Waals surface area contributed by atoms with E-state index in [1.165, 1.54) is 0 Å². The maximum Gasteiger partial charge on any atom is 0.255 e. The third-order valence-electron chi connectivity index (χ3n) is 4.87. The molecule has 6 nitrogen and oxygen atoms in total.